The number of carbonyl (C=O) groups is 1. The fourth-order valence-electron chi connectivity index (χ4n) is 2.26. The predicted octanol–water partition coefficient (Wildman–Crippen LogP) is 3.92. The molecule has 0 amide bonds. The molecule has 0 radical (unpaired) electrons. The molecule has 104 valence electrons. The summed E-state index contributed by atoms with van der Waals surface area (Å²) in [6.45, 7) is 6.84. The standard InChI is InChI=1S/C17H19NO2/c1-11-5-4-6-12(2)15(11)10-18-16-9-14(17(19)20)8-7-13(16)3/h4-9,18H,10H2,1-3H3,(H,19,20). The van der Waals surface area contributed by atoms with Gasteiger partial charge in [-0.2, -0.15) is 0 Å². The van der Waals surface area contributed by atoms with E-state index < -0.39 is 5.97 Å². The lowest BCUT2D eigenvalue weighted by Gasteiger charge is -2.14. The van der Waals surface area contributed by atoms with Crippen LogP contribution in [0, 0.1) is 20.8 Å². The van der Waals surface area contributed by atoms with E-state index in [0.29, 0.717) is 12.1 Å². The van der Waals surface area contributed by atoms with E-state index in [4.69, 9.17) is 5.11 Å². The van der Waals surface area contributed by atoms with Gasteiger partial charge in [0.05, 0.1) is 5.56 Å². The molecule has 0 atom stereocenters. The Balaban J connectivity index is 2.23. The monoisotopic (exact) mass is 269 g/mol. The number of aryl methyl sites for hydroxylation is 3. The van der Waals surface area contributed by atoms with Crippen LogP contribution < -0.4 is 5.32 Å². The molecule has 2 aromatic carbocycles. The zero-order valence-electron chi connectivity index (χ0n) is 12.0. The van der Waals surface area contributed by atoms with Crippen molar-refractivity contribution in [1.29, 1.82) is 0 Å². The number of aromatic carboxylic acids is 1. The largest absolute Gasteiger partial charge is 0.478 e. The summed E-state index contributed by atoms with van der Waals surface area (Å²) >= 11 is 0. The maximum absolute atomic E-state index is 11.0. The molecule has 0 saturated heterocycles. The van der Waals surface area contributed by atoms with Crippen molar-refractivity contribution in [3.8, 4) is 0 Å². The summed E-state index contributed by atoms with van der Waals surface area (Å²) in [6.07, 6.45) is 0. The van der Waals surface area contributed by atoms with Crippen molar-refractivity contribution in [1.82, 2.24) is 0 Å². The van der Waals surface area contributed by atoms with Gasteiger partial charge in [-0.05, 0) is 55.2 Å². The molecule has 2 rings (SSSR count). The lowest BCUT2D eigenvalue weighted by Crippen LogP contribution is -2.06. The summed E-state index contributed by atoms with van der Waals surface area (Å²) in [5.74, 6) is -0.903. The molecular weight excluding hydrogens is 250 g/mol. The van der Waals surface area contributed by atoms with Crippen LogP contribution in [0.3, 0.4) is 0 Å². The number of anilines is 1. The van der Waals surface area contributed by atoms with E-state index in [1.54, 1.807) is 12.1 Å². The number of carboxylic acid groups (broad SMARTS) is 1. The summed E-state index contributed by atoms with van der Waals surface area (Å²) in [6, 6.07) is 11.4. The predicted molar refractivity (Wildman–Crippen MR) is 81.4 cm³/mol. The van der Waals surface area contributed by atoms with Crippen LogP contribution in [0.2, 0.25) is 0 Å². The quantitative estimate of drug-likeness (QED) is 0.884. The Kier molecular flexibility index (Phi) is 4.08. The summed E-state index contributed by atoms with van der Waals surface area (Å²) in [5, 5.41) is 12.4. The Morgan fingerprint density at radius 2 is 1.70 bits per heavy atom. The third-order valence-electron chi connectivity index (χ3n) is 3.58. The van der Waals surface area contributed by atoms with Gasteiger partial charge in [-0.3, -0.25) is 0 Å². The summed E-state index contributed by atoms with van der Waals surface area (Å²) in [5.41, 5.74) is 5.95. The summed E-state index contributed by atoms with van der Waals surface area (Å²) < 4.78 is 0. The van der Waals surface area contributed by atoms with Crippen molar-refractivity contribution in [2.24, 2.45) is 0 Å². The molecule has 20 heavy (non-hydrogen) atoms. The van der Waals surface area contributed by atoms with E-state index >= 15 is 0 Å². The normalized spacial score (nSPS) is 10.3. The van der Waals surface area contributed by atoms with E-state index in [9.17, 15) is 4.79 Å². The minimum atomic E-state index is -0.903. The second-order valence-electron chi connectivity index (χ2n) is 5.06. The maximum atomic E-state index is 11.0. The number of hydrogen-bond donors (Lipinski definition) is 2. The minimum absolute atomic E-state index is 0.305. The molecule has 0 aliphatic carbocycles. The first kappa shape index (κ1) is 14.1. The van der Waals surface area contributed by atoms with Crippen LogP contribution in [0.1, 0.15) is 32.6 Å². The van der Waals surface area contributed by atoms with E-state index in [1.165, 1.54) is 16.7 Å². The van der Waals surface area contributed by atoms with Crippen molar-refractivity contribution in [3.63, 3.8) is 0 Å². The van der Waals surface area contributed by atoms with Crippen molar-refractivity contribution < 1.29 is 9.90 Å². The molecule has 0 aliphatic rings. The average molecular weight is 269 g/mol. The SMILES string of the molecule is Cc1ccc(C(=O)O)cc1NCc1c(C)cccc1C. The lowest BCUT2D eigenvalue weighted by molar-refractivity contribution is 0.0697. The molecule has 0 aliphatic heterocycles. The zero-order chi connectivity index (χ0) is 14.7. The van der Waals surface area contributed by atoms with Crippen molar-refractivity contribution in [2.75, 3.05) is 5.32 Å². The van der Waals surface area contributed by atoms with Gasteiger partial charge < -0.3 is 10.4 Å². The van der Waals surface area contributed by atoms with Gasteiger partial charge in [0.15, 0.2) is 0 Å². The number of benzene rings is 2. The van der Waals surface area contributed by atoms with E-state index in [0.717, 1.165) is 11.3 Å². The highest BCUT2D eigenvalue weighted by molar-refractivity contribution is 5.89. The van der Waals surface area contributed by atoms with Gasteiger partial charge in [0, 0.05) is 12.2 Å². The Labute approximate surface area is 119 Å². The fraction of sp³-hybridized carbons (Fsp3) is 0.235. The van der Waals surface area contributed by atoms with Crippen molar-refractivity contribution in [3.05, 3.63) is 64.2 Å². The summed E-state index contributed by atoms with van der Waals surface area (Å²) in [7, 11) is 0. The van der Waals surface area contributed by atoms with Crippen LogP contribution in [0.4, 0.5) is 5.69 Å². The Morgan fingerprint density at radius 1 is 1.05 bits per heavy atom. The van der Waals surface area contributed by atoms with Crippen LogP contribution in [0.25, 0.3) is 0 Å². The van der Waals surface area contributed by atoms with E-state index in [2.05, 4.69) is 31.3 Å². The van der Waals surface area contributed by atoms with Gasteiger partial charge in [0.2, 0.25) is 0 Å². The second kappa shape index (κ2) is 5.78. The molecule has 0 unspecified atom stereocenters. The molecule has 0 bridgehead atoms. The van der Waals surface area contributed by atoms with E-state index in [-0.39, 0.29) is 0 Å². The molecule has 2 N–H and O–H groups in total. The topological polar surface area (TPSA) is 49.3 Å². The molecule has 0 fully saturated rings. The van der Waals surface area contributed by atoms with Gasteiger partial charge in [-0.25, -0.2) is 4.79 Å². The molecule has 3 nitrogen and oxygen atoms in total. The number of rotatable bonds is 4. The molecule has 0 saturated carbocycles. The van der Waals surface area contributed by atoms with Crippen LogP contribution >= 0.6 is 0 Å². The van der Waals surface area contributed by atoms with E-state index in [1.807, 2.05) is 19.1 Å². The maximum Gasteiger partial charge on any atom is 0.335 e. The Bertz CT molecular complexity index is 627. The zero-order valence-corrected chi connectivity index (χ0v) is 12.0. The first-order valence-electron chi connectivity index (χ1n) is 6.62. The van der Waals surface area contributed by atoms with Crippen LogP contribution in [0.5, 0.6) is 0 Å². The van der Waals surface area contributed by atoms with Crippen molar-refractivity contribution in [2.45, 2.75) is 27.3 Å². The fourth-order valence-corrected chi connectivity index (χ4v) is 2.26. The number of nitrogens with one attached hydrogen (secondary N) is 1. The highest BCUT2D eigenvalue weighted by Crippen LogP contribution is 2.20. The minimum Gasteiger partial charge on any atom is -0.478 e. The molecule has 0 spiro atoms. The van der Waals surface area contributed by atoms with Gasteiger partial charge in [0.25, 0.3) is 0 Å². The van der Waals surface area contributed by atoms with Gasteiger partial charge in [-0.15, -0.1) is 0 Å². The average Bonchev–Trinajstić information content (AvgIpc) is 2.39. The highest BCUT2D eigenvalue weighted by Gasteiger charge is 2.07. The lowest BCUT2D eigenvalue weighted by atomic mass is 10.0. The van der Waals surface area contributed by atoms with Crippen molar-refractivity contribution >= 4 is 11.7 Å². The first-order chi connectivity index (χ1) is 9.49. The highest BCUT2D eigenvalue weighted by atomic mass is 16.4. The Hall–Kier alpha value is -2.29. The molecule has 0 aromatic heterocycles. The van der Waals surface area contributed by atoms with Gasteiger partial charge in [0.1, 0.15) is 0 Å². The third kappa shape index (κ3) is 2.99. The molecule has 3 heteroatoms. The smallest absolute Gasteiger partial charge is 0.335 e. The molecule has 2 aromatic rings. The second-order valence-corrected chi connectivity index (χ2v) is 5.06. The molecular formula is C17H19NO2. The number of hydrogen-bond acceptors (Lipinski definition) is 2. The van der Waals surface area contributed by atoms with Crippen LogP contribution in [0.15, 0.2) is 36.4 Å². The van der Waals surface area contributed by atoms with Gasteiger partial charge in [-0.1, -0.05) is 24.3 Å². The van der Waals surface area contributed by atoms with Gasteiger partial charge >= 0.3 is 5.97 Å². The van der Waals surface area contributed by atoms with Crippen LogP contribution in [-0.4, -0.2) is 11.1 Å². The van der Waals surface area contributed by atoms with Crippen LogP contribution in [-0.2, 0) is 6.54 Å². The molecule has 0 heterocycles. The third-order valence-corrected chi connectivity index (χ3v) is 3.58. The number of carboxylic acids is 1. The summed E-state index contributed by atoms with van der Waals surface area (Å²) in [4.78, 5) is 11.0. The first-order valence-corrected chi connectivity index (χ1v) is 6.62. The Morgan fingerprint density at radius 3 is 2.30 bits per heavy atom.